The van der Waals surface area contributed by atoms with Crippen molar-refractivity contribution in [3.63, 3.8) is 0 Å². The van der Waals surface area contributed by atoms with Gasteiger partial charge >= 0.3 is 0 Å². The first-order valence-electron chi connectivity index (χ1n) is 9.08. The molecule has 1 aromatic heterocycles. The van der Waals surface area contributed by atoms with Gasteiger partial charge in [0.05, 0.1) is 11.9 Å². The third kappa shape index (κ3) is 3.70. The third-order valence-electron chi connectivity index (χ3n) is 5.38. The first-order chi connectivity index (χ1) is 12.6. The molecule has 2 N–H and O–H groups in total. The minimum atomic E-state index is -0.310. The molecule has 0 unspecified atom stereocenters. The van der Waals surface area contributed by atoms with Crippen LogP contribution in [0.15, 0.2) is 42.6 Å². The number of hydrogen-bond donors (Lipinski definition) is 2. The predicted molar refractivity (Wildman–Crippen MR) is 98.0 cm³/mol. The van der Waals surface area contributed by atoms with Crippen molar-refractivity contribution in [2.75, 3.05) is 18.4 Å². The molecule has 0 bridgehead atoms. The van der Waals surface area contributed by atoms with Gasteiger partial charge in [0.1, 0.15) is 5.82 Å². The quantitative estimate of drug-likeness (QED) is 0.871. The standard InChI is InChI=1S/C20H23FN4O/c21-16-5-6-17(22-13-16)14-25-9-7-20(8-10-25)11-19(26)23-12-15-3-1-2-4-18(15)24-20/h1-6,13,24H,7-12,14H2,(H,23,26). The molecule has 4 rings (SSSR count). The van der Waals surface area contributed by atoms with Crippen molar-refractivity contribution < 1.29 is 9.18 Å². The van der Waals surface area contributed by atoms with Gasteiger partial charge in [-0.25, -0.2) is 4.39 Å². The van der Waals surface area contributed by atoms with Gasteiger partial charge in [-0.15, -0.1) is 0 Å². The highest BCUT2D eigenvalue weighted by atomic mass is 19.1. The van der Waals surface area contributed by atoms with Crippen molar-refractivity contribution in [3.8, 4) is 0 Å². The third-order valence-corrected chi connectivity index (χ3v) is 5.38. The molecule has 136 valence electrons. The Morgan fingerprint density at radius 1 is 1.15 bits per heavy atom. The Morgan fingerprint density at radius 3 is 2.73 bits per heavy atom. The van der Waals surface area contributed by atoms with Gasteiger partial charge in [-0.3, -0.25) is 14.7 Å². The topological polar surface area (TPSA) is 57.3 Å². The van der Waals surface area contributed by atoms with Crippen LogP contribution in [0, 0.1) is 5.82 Å². The minimum Gasteiger partial charge on any atom is -0.379 e. The van der Waals surface area contributed by atoms with Crippen molar-refractivity contribution in [1.82, 2.24) is 15.2 Å². The lowest BCUT2D eigenvalue weighted by Crippen LogP contribution is -2.52. The molecular formula is C20H23FN4O. The largest absolute Gasteiger partial charge is 0.379 e. The van der Waals surface area contributed by atoms with Crippen molar-refractivity contribution in [3.05, 3.63) is 59.7 Å². The molecule has 0 aliphatic carbocycles. The summed E-state index contributed by atoms with van der Waals surface area (Å²) in [5.74, 6) is -0.213. The van der Waals surface area contributed by atoms with E-state index in [0.717, 1.165) is 42.9 Å². The van der Waals surface area contributed by atoms with Crippen molar-refractivity contribution >= 4 is 11.6 Å². The average Bonchev–Trinajstić information content (AvgIpc) is 2.64. The molecular weight excluding hydrogens is 331 g/mol. The van der Waals surface area contributed by atoms with Crippen LogP contribution in [0.1, 0.15) is 30.5 Å². The molecule has 0 radical (unpaired) electrons. The summed E-state index contributed by atoms with van der Waals surface area (Å²) < 4.78 is 13.0. The maximum absolute atomic E-state index is 13.0. The van der Waals surface area contributed by atoms with E-state index in [1.165, 1.54) is 12.3 Å². The number of pyridine rings is 1. The zero-order chi connectivity index (χ0) is 18.0. The smallest absolute Gasteiger partial charge is 0.222 e. The summed E-state index contributed by atoms with van der Waals surface area (Å²) in [5, 5.41) is 6.71. The molecule has 2 aliphatic rings. The van der Waals surface area contributed by atoms with Gasteiger partial charge in [0.15, 0.2) is 0 Å². The van der Waals surface area contributed by atoms with Crippen LogP contribution < -0.4 is 10.6 Å². The maximum atomic E-state index is 13.0. The molecule has 26 heavy (non-hydrogen) atoms. The fourth-order valence-corrected chi connectivity index (χ4v) is 3.86. The number of benzene rings is 1. The molecule has 1 fully saturated rings. The zero-order valence-corrected chi connectivity index (χ0v) is 14.7. The van der Waals surface area contributed by atoms with Gasteiger partial charge in [-0.05, 0) is 36.6 Å². The maximum Gasteiger partial charge on any atom is 0.222 e. The molecule has 1 amide bonds. The van der Waals surface area contributed by atoms with Crippen molar-refractivity contribution in [1.29, 1.82) is 0 Å². The number of hydrogen-bond acceptors (Lipinski definition) is 4. The van der Waals surface area contributed by atoms with Gasteiger partial charge in [-0.2, -0.15) is 0 Å². The molecule has 2 aromatic rings. The average molecular weight is 354 g/mol. The summed E-state index contributed by atoms with van der Waals surface area (Å²) in [6, 6.07) is 11.3. The van der Waals surface area contributed by atoms with E-state index >= 15 is 0 Å². The Labute approximate surface area is 152 Å². The molecule has 1 saturated heterocycles. The molecule has 5 nitrogen and oxygen atoms in total. The second-order valence-corrected chi connectivity index (χ2v) is 7.26. The molecule has 2 aliphatic heterocycles. The van der Waals surface area contributed by atoms with Crippen LogP contribution in [0.4, 0.5) is 10.1 Å². The van der Waals surface area contributed by atoms with E-state index in [0.29, 0.717) is 19.5 Å². The number of anilines is 1. The second kappa shape index (κ2) is 7.03. The van der Waals surface area contributed by atoms with Gasteiger partial charge in [0.2, 0.25) is 5.91 Å². The lowest BCUT2D eigenvalue weighted by atomic mass is 9.82. The number of amides is 1. The van der Waals surface area contributed by atoms with E-state index in [1.54, 1.807) is 6.07 Å². The van der Waals surface area contributed by atoms with Gasteiger partial charge in [0.25, 0.3) is 0 Å². The number of halogens is 1. The predicted octanol–water partition coefficient (Wildman–Crippen LogP) is 2.69. The van der Waals surface area contributed by atoms with Gasteiger partial charge in [0, 0.05) is 43.8 Å². The molecule has 1 aromatic carbocycles. The van der Waals surface area contributed by atoms with E-state index in [9.17, 15) is 9.18 Å². The van der Waals surface area contributed by atoms with Crippen LogP contribution in [-0.4, -0.2) is 34.4 Å². The number of carbonyl (C=O) groups is 1. The second-order valence-electron chi connectivity index (χ2n) is 7.26. The number of rotatable bonds is 2. The number of likely N-dealkylation sites (tertiary alicyclic amines) is 1. The van der Waals surface area contributed by atoms with Crippen LogP contribution >= 0.6 is 0 Å². The molecule has 3 heterocycles. The van der Waals surface area contributed by atoms with Crippen LogP contribution in [0.5, 0.6) is 0 Å². The van der Waals surface area contributed by atoms with Crippen LogP contribution in [-0.2, 0) is 17.9 Å². The van der Waals surface area contributed by atoms with E-state index in [-0.39, 0.29) is 17.3 Å². The Bertz CT molecular complexity index is 785. The highest BCUT2D eigenvalue weighted by molar-refractivity contribution is 5.79. The Hall–Kier alpha value is -2.47. The van der Waals surface area contributed by atoms with Crippen molar-refractivity contribution in [2.24, 2.45) is 0 Å². The number of para-hydroxylation sites is 1. The van der Waals surface area contributed by atoms with E-state index in [4.69, 9.17) is 0 Å². The molecule has 1 spiro atoms. The molecule has 0 atom stereocenters. The lowest BCUT2D eigenvalue weighted by molar-refractivity contribution is -0.122. The number of piperidine rings is 1. The number of carbonyl (C=O) groups excluding carboxylic acids is 1. The Balaban J connectivity index is 1.46. The van der Waals surface area contributed by atoms with E-state index in [2.05, 4.69) is 32.7 Å². The number of nitrogens with zero attached hydrogens (tertiary/aromatic N) is 2. The summed E-state index contributed by atoms with van der Waals surface area (Å²) in [4.78, 5) is 18.8. The summed E-state index contributed by atoms with van der Waals surface area (Å²) in [6.45, 7) is 3.03. The number of nitrogens with one attached hydrogen (secondary N) is 2. The van der Waals surface area contributed by atoms with E-state index < -0.39 is 0 Å². The SMILES string of the molecule is O=C1CC2(CCN(Cc3ccc(F)cn3)CC2)Nc2ccccc2CN1. The van der Waals surface area contributed by atoms with Crippen LogP contribution in [0.3, 0.4) is 0 Å². The Kier molecular flexibility index (Phi) is 4.59. The zero-order valence-electron chi connectivity index (χ0n) is 14.7. The van der Waals surface area contributed by atoms with Crippen molar-refractivity contribution in [2.45, 2.75) is 37.9 Å². The van der Waals surface area contributed by atoms with Gasteiger partial charge in [-0.1, -0.05) is 18.2 Å². The Morgan fingerprint density at radius 2 is 1.96 bits per heavy atom. The molecule has 6 heteroatoms. The summed E-state index contributed by atoms with van der Waals surface area (Å²) in [7, 11) is 0. The fourth-order valence-electron chi connectivity index (χ4n) is 3.86. The van der Waals surface area contributed by atoms with Gasteiger partial charge < -0.3 is 10.6 Å². The fraction of sp³-hybridized carbons (Fsp3) is 0.400. The van der Waals surface area contributed by atoms with Crippen LogP contribution in [0.25, 0.3) is 0 Å². The normalized spacial score (nSPS) is 19.8. The highest BCUT2D eigenvalue weighted by Crippen LogP contribution is 2.33. The lowest BCUT2D eigenvalue weighted by Gasteiger charge is -2.44. The number of fused-ring (bicyclic) bond motifs is 1. The monoisotopic (exact) mass is 354 g/mol. The minimum absolute atomic E-state index is 0.0978. The molecule has 0 saturated carbocycles. The van der Waals surface area contributed by atoms with E-state index in [1.807, 2.05) is 12.1 Å². The highest BCUT2D eigenvalue weighted by Gasteiger charge is 2.37. The summed E-state index contributed by atoms with van der Waals surface area (Å²) >= 11 is 0. The number of aromatic nitrogens is 1. The summed E-state index contributed by atoms with van der Waals surface area (Å²) in [6.07, 6.45) is 3.52. The first-order valence-corrected chi connectivity index (χ1v) is 9.08. The van der Waals surface area contributed by atoms with Crippen LogP contribution in [0.2, 0.25) is 0 Å². The summed E-state index contributed by atoms with van der Waals surface area (Å²) in [5.41, 5.74) is 2.89. The first kappa shape index (κ1) is 17.0.